The molecule has 0 saturated heterocycles. The van der Waals surface area contributed by atoms with Gasteiger partial charge in [-0.05, 0) is 55.3 Å². The van der Waals surface area contributed by atoms with Gasteiger partial charge < -0.3 is 0 Å². The topological polar surface area (TPSA) is 71.5 Å². The Morgan fingerprint density at radius 3 is 2.04 bits per heavy atom. The second kappa shape index (κ2) is 6.86. The summed E-state index contributed by atoms with van der Waals surface area (Å²) in [7, 11) is -5.70. The Bertz CT molecular complexity index is 984. The second-order valence-electron chi connectivity index (χ2n) is 5.95. The van der Waals surface area contributed by atoms with Crippen molar-refractivity contribution in [2.24, 2.45) is 0 Å². The van der Waals surface area contributed by atoms with E-state index >= 15 is 0 Å². The molecule has 0 fully saturated rings. The van der Waals surface area contributed by atoms with E-state index in [1.807, 2.05) is 0 Å². The van der Waals surface area contributed by atoms with Crippen LogP contribution in [0.3, 0.4) is 0 Å². The van der Waals surface area contributed by atoms with Crippen molar-refractivity contribution in [3.8, 4) is 0 Å². The molecule has 2 aromatic carbocycles. The number of hydrogen-bond acceptors (Lipinski definition) is 4. The summed E-state index contributed by atoms with van der Waals surface area (Å²) in [4.78, 5) is 0.208. The van der Waals surface area contributed by atoms with E-state index in [9.17, 15) is 21.2 Å². The molecule has 1 unspecified atom stereocenters. The highest BCUT2D eigenvalue weighted by atomic mass is 32.2. The molecule has 0 heterocycles. The van der Waals surface area contributed by atoms with Crippen molar-refractivity contribution in [2.45, 2.75) is 29.7 Å². The van der Waals surface area contributed by atoms with Crippen LogP contribution in [0.2, 0.25) is 0 Å². The lowest BCUT2D eigenvalue weighted by Crippen LogP contribution is -2.30. The van der Waals surface area contributed by atoms with Gasteiger partial charge in [0.1, 0.15) is 5.82 Å². The molecule has 0 bridgehead atoms. The summed E-state index contributed by atoms with van der Waals surface area (Å²) in [5.41, 5.74) is 0.977. The summed E-state index contributed by atoms with van der Waals surface area (Å²) in [6.45, 7) is 3.24. The van der Waals surface area contributed by atoms with Gasteiger partial charge in [0.25, 0.3) is 0 Å². The van der Waals surface area contributed by atoms with Crippen LogP contribution in [0.4, 0.5) is 4.39 Å². The summed E-state index contributed by atoms with van der Waals surface area (Å²) in [5.74, 6) is -0.497. The Hall–Kier alpha value is -1.77. The summed E-state index contributed by atoms with van der Waals surface area (Å²) in [6.07, 6.45) is 1.11. The maximum absolute atomic E-state index is 13.2. The molecule has 0 N–H and O–H groups in total. The van der Waals surface area contributed by atoms with Crippen LogP contribution < -0.4 is 0 Å². The molecule has 0 aromatic heterocycles. The first-order chi connectivity index (χ1) is 11.4. The van der Waals surface area contributed by atoms with Gasteiger partial charge in [0.15, 0.2) is 9.84 Å². The monoisotopic (exact) mass is 385 g/mol. The Morgan fingerprint density at radius 2 is 1.56 bits per heavy atom. The minimum atomic E-state index is -3.82. The molecule has 2 aromatic rings. The zero-order chi connectivity index (χ0) is 19.0. The first-order valence-corrected chi connectivity index (χ1v) is 10.8. The number of aryl methyl sites for hydroxylation is 1. The standard InChI is InChI=1S/C17H20FNO4S2/c1-12-11-15(18)7-10-17(12)25(22,23)19(3)13(2)14-5-8-16(9-6-14)24(4,20)21/h5-11,13H,1-4H3. The number of halogens is 1. The summed E-state index contributed by atoms with van der Waals surface area (Å²) < 4.78 is 63.1. The highest BCUT2D eigenvalue weighted by Crippen LogP contribution is 2.28. The van der Waals surface area contributed by atoms with Crippen LogP contribution in [0, 0.1) is 12.7 Å². The van der Waals surface area contributed by atoms with Gasteiger partial charge in [-0.3, -0.25) is 0 Å². The number of sulfonamides is 1. The molecule has 0 radical (unpaired) electrons. The lowest BCUT2D eigenvalue weighted by atomic mass is 10.1. The van der Waals surface area contributed by atoms with E-state index in [-0.39, 0.29) is 9.79 Å². The fraction of sp³-hybridized carbons (Fsp3) is 0.294. The lowest BCUT2D eigenvalue weighted by molar-refractivity contribution is 0.398. The summed E-state index contributed by atoms with van der Waals surface area (Å²) >= 11 is 0. The van der Waals surface area contributed by atoms with Gasteiger partial charge in [-0.15, -0.1) is 0 Å². The van der Waals surface area contributed by atoms with Crippen molar-refractivity contribution in [1.29, 1.82) is 0 Å². The van der Waals surface area contributed by atoms with Crippen LogP contribution in [0.5, 0.6) is 0 Å². The van der Waals surface area contributed by atoms with Gasteiger partial charge in [-0.25, -0.2) is 21.2 Å². The number of nitrogens with zero attached hydrogens (tertiary/aromatic N) is 1. The predicted octanol–water partition coefficient (Wildman–Crippen LogP) is 2.92. The van der Waals surface area contributed by atoms with Crippen LogP contribution in [0.15, 0.2) is 52.3 Å². The zero-order valence-corrected chi connectivity index (χ0v) is 16.0. The van der Waals surface area contributed by atoms with Gasteiger partial charge in [0.05, 0.1) is 9.79 Å². The molecule has 2 rings (SSSR count). The Labute approximate surface area is 148 Å². The van der Waals surface area contributed by atoms with Gasteiger partial charge in [-0.2, -0.15) is 4.31 Å². The van der Waals surface area contributed by atoms with Crippen molar-refractivity contribution in [2.75, 3.05) is 13.3 Å². The number of hydrogen-bond donors (Lipinski definition) is 0. The Morgan fingerprint density at radius 1 is 1.00 bits per heavy atom. The van der Waals surface area contributed by atoms with E-state index < -0.39 is 31.7 Å². The van der Waals surface area contributed by atoms with Gasteiger partial charge in [0, 0.05) is 19.3 Å². The van der Waals surface area contributed by atoms with E-state index in [0.29, 0.717) is 11.1 Å². The van der Waals surface area contributed by atoms with Crippen LogP contribution in [0.25, 0.3) is 0 Å². The van der Waals surface area contributed by atoms with E-state index in [0.717, 1.165) is 12.3 Å². The molecule has 1 atom stereocenters. The van der Waals surface area contributed by atoms with Crippen LogP contribution in [0.1, 0.15) is 24.1 Å². The van der Waals surface area contributed by atoms with Crippen LogP contribution in [-0.4, -0.2) is 34.4 Å². The molecule has 0 aliphatic carbocycles. The summed E-state index contributed by atoms with van der Waals surface area (Å²) in [5, 5.41) is 0. The minimum Gasteiger partial charge on any atom is -0.224 e. The first-order valence-electron chi connectivity index (χ1n) is 7.49. The number of benzene rings is 2. The van der Waals surface area contributed by atoms with E-state index in [4.69, 9.17) is 0 Å². The molecule has 5 nitrogen and oxygen atoms in total. The predicted molar refractivity (Wildman–Crippen MR) is 94.1 cm³/mol. The quantitative estimate of drug-likeness (QED) is 0.793. The molecular formula is C17H20FNO4S2. The maximum Gasteiger partial charge on any atom is 0.243 e. The molecule has 8 heteroatoms. The van der Waals surface area contributed by atoms with Crippen molar-refractivity contribution < 1.29 is 21.2 Å². The molecule has 0 aliphatic rings. The second-order valence-corrected chi connectivity index (χ2v) is 9.93. The molecule has 0 spiro atoms. The van der Waals surface area contributed by atoms with E-state index in [2.05, 4.69) is 0 Å². The average molecular weight is 385 g/mol. The van der Waals surface area contributed by atoms with Gasteiger partial charge >= 0.3 is 0 Å². The van der Waals surface area contributed by atoms with Crippen LogP contribution >= 0.6 is 0 Å². The van der Waals surface area contributed by atoms with Crippen molar-refractivity contribution >= 4 is 19.9 Å². The molecule has 0 saturated carbocycles. The first kappa shape index (κ1) is 19.6. The normalized spacial score (nSPS) is 13.8. The third-order valence-corrected chi connectivity index (χ3v) is 7.35. The minimum absolute atomic E-state index is 0.0380. The molecular weight excluding hydrogens is 365 g/mol. The number of rotatable bonds is 5. The SMILES string of the molecule is Cc1cc(F)ccc1S(=O)(=O)N(C)C(C)c1ccc(S(C)(=O)=O)cc1. The smallest absolute Gasteiger partial charge is 0.224 e. The molecule has 0 aliphatic heterocycles. The highest BCUT2D eigenvalue weighted by Gasteiger charge is 2.28. The third kappa shape index (κ3) is 4.08. The van der Waals surface area contributed by atoms with Crippen molar-refractivity contribution in [3.05, 3.63) is 59.4 Å². The highest BCUT2D eigenvalue weighted by molar-refractivity contribution is 7.90. The van der Waals surface area contributed by atoms with Gasteiger partial charge in [0.2, 0.25) is 10.0 Å². The Balaban J connectivity index is 2.37. The average Bonchev–Trinajstić information content (AvgIpc) is 2.52. The van der Waals surface area contributed by atoms with Crippen LogP contribution in [-0.2, 0) is 19.9 Å². The fourth-order valence-electron chi connectivity index (χ4n) is 2.47. The van der Waals surface area contributed by atoms with Crippen molar-refractivity contribution in [1.82, 2.24) is 4.31 Å². The van der Waals surface area contributed by atoms with E-state index in [1.54, 1.807) is 19.1 Å². The van der Waals surface area contributed by atoms with E-state index in [1.165, 1.54) is 42.5 Å². The number of sulfone groups is 1. The fourth-order valence-corrected chi connectivity index (χ4v) is 4.65. The summed E-state index contributed by atoms with van der Waals surface area (Å²) in [6, 6.07) is 9.08. The third-order valence-electron chi connectivity index (χ3n) is 4.13. The largest absolute Gasteiger partial charge is 0.243 e. The molecule has 136 valence electrons. The molecule has 25 heavy (non-hydrogen) atoms. The van der Waals surface area contributed by atoms with Crippen molar-refractivity contribution in [3.63, 3.8) is 0 Å². The Kier molecular flexibility index (Phi) is 5.36. The lowest BCUT2D eigenvalue weighted by Gasteiger charge is -2.25. The maximum atomic E-state index is 13.2. The van der Waals surface area contributed by atoms with Gasteiger partial charge in [-0.1, -0.05) is 12.1 Å². The zero-order valence-electron chi connectivity index (χ0n) is 14.4. The molecule has 0 amide bonds.